The molecule has 2 aromatic rings. The smallest absolute Gasteiger partial charge is 0.222 e. The van der Waals surface area contributed by atoms with E-state index in [4.69, 9.17) is 0 Å². The average molecular weight is 285 g/mol. The Bertz CT molecular complexity index is 575. The highest BCUT2D eigenvalue weighted by molar-refractivity contribution is 5.76. The van der Waals surface area contributed by atoms with Crippen molar-refractivity contribution in [3.63, 3.8) is 0 Å². The molecular formula is C17H23N3O. The molecule has 2 rings (SSSR count). The lowest BCUT2D eigenvalue weighted by Gasteiger charge is -2.26. The first kappa shape index (κ1) is 15.3. The van der Waals surface area contributed by atoms with Crippen LogP contribution in [-0.2, 0) is 17.9 Å². The van der Waals surface area contributed by atoms with Crippen LogP contribution in [0.25, 0.3) is 0 Å². The minimum atomic E-state index is 0.166. The van der Waals surface area contributed by atoms with E-state index >= 15 is 0 Å². The van der Waals surface area contributed by atoms with Gasteiger partial charge in [-0.2, -0.15) is 0 Å². The molecule has 21 heavy (non-hydrogen) atoms. The Morgan fingerprint density at radius 1 is 1.29 bits per heavy atom. The lowest BCUT2D eigenvalue weighted by atomic mass is 10.2. The number of nitrogens with zero attached hydrogens (tertiary/aromatic N) is 3. The van der Waals surface area contributed by atoms with E-state index in [2.05, 4.69) is 21.7 Å². The zero-order chi connectivity index (χ0) is 15.2. The first-order chi connectivity index (χ1) is 10.1. The molecule has 0 spiro atoms. The number of carbonyl (C=O) groups excluding carboxylic acids is 1. The fraction of sp³-hybridized carbons (Fsp3) is 0.412. The van der Waals surface area contributed by atoms with Crippen LogP contribution in [0.15, 0.2) is 42.7 Å². The molecule has 0 aliphatic carbocycles. The van der Waals surface area contributed by atoms with Crippen LogP contribution in [0.3, 0.4) is 0 Å². The Balaban J connectivity index is 2.14. The SMILES string of the molecule is CCC(=O)N(Cc1nccn1Cc1ccccc1)C(C)C. The van der Waals surface area contributed by atoms with Crippen molar-refractivity contribution in [1.82, 2.24) is 14.5 Å². The summed E-state index contributed by atoms with van der Waals surface area (Å²) in [6, 6.07) is 10.5. The van der Waals surface area contributed by atoms with Crippen molar-refractivity contribution in [2.75, 3.05) is 0 Å². The Kier molecular flexibility index (Phi) is 5.14. The molecule has 1 heterocycles. The van der Waals surface area contributed by atoms with E-state index in [9.17, 15) is 4.79 Å². The van der Waals surface area contributed by atoms with E-state index < -0.39 is 0 Å². The van der Waals surface area contributed by atoms with Crippen LogP contribution in [0.4, 0.5) is 0 Å². The van der Waals surface area contributed by atoms with Crippen molar-refractivity contribution in [2.24, 2.45) is 0 Å². The predicted molar refractivity (Wildman–Crippen MR) is 83.7 cm³/mol. The van der Waals surface area contributed by atoms with E-state index in [1.54, 1.807) is 6.20 Å². The number of aromatic nitrogens is 2. The van der Waals surface area contributed by atoms with Crippen LogP contribution < -0.4 is 0 Å². The number of carbonyl (C=O) groups is 1. The number of benzene rings is 1. The van der Waals surface area contributed by atoms with Crippen molar-refractivity contribution in [3.05, 3.63) is 54.1 Å². The van der Waals surface area contributed by atoms with Crippen molar-refractivity contribution in [1.29, 1.82) is 0 Å². The Morgan fingerprint density at radius 3 is 2.62 bits per heavy atom. The number of hydrogen-bond acceptors (Lipinski definition) is 2. The van der Waals surface area contributed by atoms with Gasteiger partial charge >= 0.3 is 0 Å². The van der Waals surface area contributed by atoms with Gasteiger partial charge in [0.15, 0.2) is 0 Å². The molecule has 0 bridgehead atoms. The second kappa shape index (κ2) is 7.07. The molecule has 0 atom stereocenters. The van der Waals surface area contributed by atoms with Crippen molar-refractivity contribution in [3.8, 4) is 0 Å². The highest BCUT2D eigenvalue weighted by Gasteiger charge is 2.17. The van der Waals surface area contributed by atoms with Gasteiger partial charge in [0.25, 0.3) is 0 Å². The molecule has 0 saturated heterocycles. The Morgan fingerprint density at radius 2 is 2.00 bits per heavy atom. The quantitative estimate of drug-likeness (QED) is 0.818. The van der Waals surface area contributed by atoms with E-state index in [-0.39, 0.29) is 11.9 Å². The molecule has 1 aromatic heterocycles. The third-order valence-electron chi connectivity index (χ3n) is 3.56. The van der Waals surface area contributed by atoms with Crippen molar-refractivity contribution < 1.29 is 4.79 Å². The summed E-state index contributed by atoms with van der Waals surface area (Å²) in [5.41, 5.74) is 1.23. The molecule has 0 aliphatic heterocycles. The summed E-state index contributed by atoms with van der Waals surface area (Å²) < 4.78 is 2.10. The van der Waals surface area contributed by atoms with Gasteiger partial charge in [-0.3, -0.25) is 4.79 Å². The van der Waals surface area contributed by atoms with Gasteiger partial charge in [-0.25, -0.2) is 4.98 Å². The van der Waals surface area contributed by atoms with Crippen LogP contribution in [0.2, 0.25) is 0 Å². The molecule has 112 valence electrons. The Labute approximate surface area is 126 Å². The number of amides is 1. The van der Waals surface area contributed by atoms with Crippen LogP contribution >= 0.6 is 0 Å². The van der Waals surface area contributed by atoms with Gasteiger partial charge in [0, 0.05) is 31.4 Å². The van der Waals surface area contributed by atoms with Gasteiger partial charge in [0.1, 0.15) is 5.82 Å². The maximum atomic E-state index is 12.0. The highest BCUT2D eigenvalue weighted by atomic mass is 16.2. The lowest BCUT2D eigenvalue weighted by Crippen LogP contribution is -2.36. The fourth-order valence-corrected chi connectivity index (χ4v) is 2.33. The van der Waals surface area contributed by atoms with E-state index in [1.165, 1.54) is 5.56 Å². The molecular weight excluding hydrogens is 262 g/mol. The molecule has 0 radical (unpaired) electrons. The molecule has 0 saturated carbocycles. The van der Waals surface area contributed by atoms with Gasteiger partial charge in [-0.05, 0) is 19.4 Å². The van der Waals surface area contributed by atoms with Gasteiger partial charge in [0.2, 0.25) is 5.91 Å². The summed E-state index contributed by atoms with van der Waals surface area (Å²) in [6.45, 7) is 7.32. The molecule has 4 nitrogen and oxygen atoms in total. The summed E-state index contributed by atoms with van der Waals surface area (Å²) >= 11 is 0. The summed E-state index contributed by atoms with van der Waals surface area (Å²) in [4.78, 5) is 18.3. The molecule has 0 unspecified atom stereocenters. The van der Waals surface area contributed by atoms with E-state index in [0.29, 0.717) is 13.0 Å². The van der Waals surface area contributed by atoms with Gasteiger partial charge in [0.05, 0.1) is 6.54 Å². The summed E-state index contributed by atoms with van der Waals surface area (Å²) in [6.07, 6.45) is 4.29. The van der Waals surface area contributed by atoms with Crippen molar-refractivity contribution in [2.45, 2.75) is 46.3 Å². The third-order valence-corrected chi connectivity index (χ3v) is 3.56. The molecule has 0 fully saturated rings. The van der Waals surface area contributed by atoms with Gasteiger partial charge in [-0.1, -0.05) is 37.3 Å². The number of hydrogen-bond donors (Lipinski definition) is 0. The maximum absolute atomic E-state index is 12.0. The summed E-state index contributed by atoms with van der Waals surface area (Å²) in [5.74, 6) is 1.09. The largest absolute Gasteiger partial charge is 0.333 e. The molecule has 1 amide bonds. The van der Waals surface area contributed by atoms with Crippen LogP contribution in [0, 0.1) is 0 Å². The van der Waals surface area contributed by atoms with Gasteiger partial charge in [-0.15, -0.1) is 0 Å². The summed E-state index contributed by atoms with van der Waals surface area (Å²) in [7, 11) is 0. The highest BCUT2D eigenvalue weighted by Crippen LogP contribution is 2.11. The second-order valence-electron chi connectivity index (χ2n) is 5.43. The average Bonchev–Trinajstić information content (AvgIpc) is 2.92. The minimum absolute atomic E-state index is 0.166. The normalized spacial score (nSPS) is 10.9. The van der Waals surface area contributed by atoms with Crippen molar-refractivity contribution >= 4 is 5.91 Å². The molecule has 4 heteroatoms. The van der Waals surface area contributed by atoms with Crippen LogP contribution in [0.1, 0.15) is 38.6 Å². The van der Waals surface area contributed by atoms with Gasteiger partial charge < -0.3 is 9.47 Å². The molecule has 0 aliphatic rings. The molecule has 0 N–H and O–H groups in total. The van der Waals surface area contributed by atoms with Crippen LogP contribution in [0.5, 0.6) is 0 Å². The van der Waals surface area contributed by atoms with E-state index in [1.807, 2.05) is 50.1 Å². The zero-order valence-electron chi connectivity index (χ0n) is 13.0. The first-order valence-corrected chi connectivity index (χ1v) is 7.45. The van der Waals surface area contributed by atoms with E-state index in [0.717, 1.165) is 12.4 Å². The topological polar surface area (TPSA) is 38.1 Å². The standard InChI is InChI=1S/C17H23N3O/c1-4-17(21)20(14(2)3)13-16-18-10-11-19(16)12-15-8-6-5-7-9-15/h5-11,14H,4,12-13H2,1-3H3. The summed E-state index contributed by atoms with van der Waals surface area (Å²) in [5, 5.41) is 0. The monoisotopic (exact) mass is 285 g/mol. The first-order valence-electron chi connectivity index (χ1n) is 7.45. The zero-order valence-corrected chi connectivity index (χ0v) is 13.0. The third kappa shape index (κ3) is 3.94. The lowest BCUT2D eigenvalue weighted by molar-refractivity contribution is -0.133. The maximum Gasteiger partial charge on any atom is 0.222 e. The fourth-order valence-electron chi connectivity index (χ4n) is 2.33. The number of rotatable bonds is 6. The second-order valence-corrected chi connectivity index (χ2v) is 5.43. The minimum Gasteiger partial charge on any atom is -0.333 e. The Hall–Kier alpha value is -2.10. The molecule has 1 aromatic carbocycles. The number of imidazole rings is 1. The predicted octanol–water partition coefficient (Wildman–Crippen LogP) is 3.08. The van der Waals surface area contributed by atoms with Crippen LogP contribution in [-0.4, -0.2) is 26.4 Å².